The van der Waals surface area contributed by atoms with Gasteiger partial charge in [-0.1, -0.05) is 23.7 Å². The summed E-state index contributed by atoms with van der Waals surface area (Å²) in [5.41, 5.74) is 1.53. The number of esters is 1. The van der Waals surface area contributed by atoms with Gasteiger partial charge in [0.05, 0.1) is 5.56 Å². The fraction of sp³-hybridized carbons (Fsp3) is 0.250. The Balaban J connectivity index is 1.81. The Morgan fingerprint density at radius 3 is 2.61 bits per heavy atom. The van der Waals surface area contributed by atoms with Crippen LogP contribution >= 0.6 is 11.6 Å². The molecule has 0 saturated carbocycles. The summed E-state index contributed by atoms with van der Waals surface area (Å²) in [4.78, 5) is 36.2. The van der Waals surface area contributed by atoms with E-state index in [1.54, 1.807) is 19.1 Å². The summed E-state index contributed by atoms with van der Waals surface area (Å²) < 4.78 is 5.17. The third-order valence-corrected chi connectivity index (χ3v) is 4.79. The molecular formula is C20H18ClNO6. The summed E-state index contributed by atoms with van der Waals surface area (Å²) in [5.74, 6) is -2.38. The third-order valence-electron chi connectivity index (χ3n) is 4.46. The van der Waals surface area contributed by atoms with Gasteiger partial charge in [-0.2, -0.15) is 0 Å². The monoisotopic (exact) mass is 403 g/mol. The zero-order valence-corrected chi connectivity index (χ0v) is 15.7. The Morgan fingerprint density at radius 1 is 1.29 bits per heavy atom. The van der Waals surface area contributed by atoms with Gasteiger partial charge in [-0.05, 0) is 42.3 Å². The number of rotatable bonds is 5. The molecule has 1 amide bonds. The minimum absolute atomic E-state index is 0.0274. The molecule has 1 heterocycles. The predicted octanol–water partition coefficient (Wildman–Crippen LogP) is 2.57. The lowest BCUT2D eigenvalue weighted by atomic mass is 9.96. The fourth-order valence-corrected chi connectivity index (χ4v) is 3.34. The van der Waals surface area contributed by atoms with Crippen molar-refractivity contribution in [3.05, 3.63) is 63.7 Å². The van der Waals surface area contributed by atoms with Crippen LogP contribution in [0.3, 0.4) is 0 Å². The number of ether oxygens (including phenoxy) is 1. The van der Waals surface area contributed by atoms with Crippen LogP contribution in [-0.4, -0.2) is 40.2 Å². The number of nitrogens with one attached hydrogen (secondary N) is 1. The van der Waals surface area contributed by atoms with Crippen LogP contribution in [-0.2, 0) is 22.4 Å². The molecule has 2 atom stereocenters. The third kappa shape index (κ3) is 4.26. The molecule has 28 heavy (non-hydrogen) atoms. The lowest BCUT2D eigenvalue weighted by Gasteiger charge is -2.23. The Bertz CT molecular complexity index is 940. The minimum atomic E-state index is -1.21. The quantitative estimate of drug-likeness (QED) is 0.661. The summed E-state index contributed by atoms with van der Waals surface area (Å²) >= 11 is 6.24. The number of fused-ring (bicyclic) bond motifs is 1. The molecule has 2 unspecified atom stereocenters. The van der Waals surface area contributed by atoms with E-state index in [2.05, 4.69) is 5.32 Å². The molecule has 146 valence electrons. The average Bonchev–Trinajstić information content (AvgIpc) is 2.63. The van der Waals surface area contributed by atoms with Gasteiger partial charge in [-0.15, -0.1) is 0 Å². The molecule has 0 saturated heterocycles. The van der Waals surface area contributed by atoms with Gasteiger partial charge < -0.3 is 20.3 Å². The highest BCUT2D eigenvalue weighted by Crippen LogP contribution is 2.29. The van der Waals surface area contributed by atoms with E-state index >= 15 is 0 Å². The highest BCUT2D eigenvalue weighted by Gasteiger charge is 2.28. The molecule has 0 aliphatic carbocycles. The van der Waals surface area contributed by atoms with Crippen LogP contribution in [0.4, 0.5) is 0 Å². The maximum atomic E-state index is 12.6. The Labute approximate surface area is 165 Å². The van der Waals surface area contributed by atoms with E-state index in [0.717, 1.165) is 0 Å². The number of amides is 1. The van der Waals surface area contributed by atoms with E-state index in [4.69, 9.17) is 16.3 Å². The Hall–Kier alpha value is -3.06. The van der Waals surface area contributed by atoms with E-state index in [1.807, 2.05) is 0 Å². The number of benzene rings is 2. The molecule has 2 aromatic rings. The van der Waals surface area contributed by atoms with Gasteiger partial charge in [0, 0.05) is 23.4 Å². The number of carbonyl (C=O) groups is 3. The molecule has 3 rings (SSSR count). The molecule has 7 nitrogen and oxygen atoms in total. The topological polar surface area (TPSA) is 113 Å². The first-order valence-corrected chi connectivity index (χ1v) is 8.97. The number of phenolic OH excluding ortho intramolecular Hbond substituents is 1. The molecule has 8 heteroatoms. The first-order valence-electron chi connectivity index (χ1n) is 8.59. The van der Waals surface area contributed by atoms with E-state index in [0.29, 0.717) is 17.5 Å². The number of hydrogen-bond acceptors (Lipinski definition) is 5. The van der Waals surface area contributed by atoms with Crippen LogP contribution in [0.1, 0.15) is 38.8 Å². The number of carboxylic acids is 1. The molecule has 3 N–H and O–H groups in total. The highest BCUT2D eigenvalue weighted by atomic mass is 35.5. The Morgan fingerprint density at radius 2 is 1.96 bits per heavy atom. The molecule has 0 radical (unpaired) electrons. The van der Waals surface area contributed by atoms with E-state index in [-0.39, 0.29) is 34.4 Å². The minimum Gasteiger partial charge on any atom is -0.508 e. The standard InChI is InChI=1S/C20H18ClNO6/c1-10-6-14-15(20(27)28-10)8-12(9-16(14)21)18(24)22-17(19(25)26)7-11-2-4-13(23)5-3-11/h2-5,8-10,17,23H,6-7H2,1H3,(H,22,24)(H,25,26). The number of aliphatic carboxylic acids is 1. The Kier molecular flexibility index (Phi) is 5.56. The van der Waals surface area contributed by atoms with Crippen LogP contribution < -0.4 is 5.32 Å². The van der Waals surface area contributed by atoms with Gasteiger partial charge >= 0.3 is 11.9 Å². The van der Waals surface area contributed by atoms with E-state index in [9.17, 15) is 24.6 Å². The molecule has 0 spiro atoms. The van der Waals surface area contributed by atoms with Crippen LogP contribution in [0.5, 0.6) is 5.75 Å². The number of carboxylic acid groups (broad SMARTS) is 1. The zero-order chi connectivity index (χ0) is 20.4. The second kappa shape index (κ2) is 7.90. The summed E-state index contributed by atoms with van der Waals surface area (Å²) in [6.07, 6.45) is 0.166. The van der Waals surface area contributed by atoms with Crippen molar-refractivity contribution < 1.29 is 29.3 Å². The second-order valence-corrected chi connectivity index (χ2v) is 7.05. The average molecular weight is 404 g/mol. The van der Waals surface area contributed by atoms with Crippen LogP contribution in [0.15, 0.2) is 36.4 Å². The SMILES string of the molecule is CC1Cc2c(Cl)cc(C(=O)NC(Cc3ccc(O)cc3)C(=O)O)cc2C(=O)O1. The van der Waals surface area contributed by atoms with E-state index in [1.165, 1.54) is 24.3 Å². The van der Waals surface area contributed by atoms with Crippen molar-refractivity contribution in [3.8, 4) is 5.75 Å². The van der Waals surface area contributed by atoms with Gasteiger partial charge in [-0.3, -0.25) is 4.79 Å². The molecule has 1 aliphatic rings. The summed E-state index contributed by atoms with van der Waals surface area (Å²) in [7, 11) is 0. The maximum absolute atomic E-state index is 12.6. The smallest absolute Gasteiger partial charge is 0.338 e. The second-order valence-electron chi connectivity index (χ2n) is 6.64. The fourth-order valence-electron chi connectivity index (χ4n) is 3.04. The van der Waals surface area contributed by atoms with Crippen molar-refractivity contribution >= 4 is 29.4 Å². The lowest BCUT2D eigenvalue weighted by molar-refractivity contribution is -0.139. The number of cyclic esters (lactones) is 1. The number of halogens is 1. The van der Waals surface area contributed by atoms with Gasteiger partial charge in [-0.25, -0.2) is 9.59 Å². The van der Waals surface area contributed by atoms with Gasteiger partial charge in [0.1, 0.15) is 17.9 Å². The number of phenols is 1. The molecule has 0 bridgehead atoms. The van der Waals surface area contributed by atoms with Crippen molar-refractivity contribution in [2.75, 3.05) is 0 Å². The predicted molar refractivity (Wildman–Crippen MR) is 101 cm³/mol. The van der Waals surface area contributed by atoms with Crippen LogP contribution in [0.2, 0.25) is 5.02 Å². The summed E-state index contributed by atoms with van der Waals surface area (Å²) in [5, 5.41) is 21.5. The van der Waals surface area contributed by atoms with Crippen molar-refractivity contribution in [2.45, 2.75) is 31.9 Å². The summed E-state index contributed by atoms with van der Waals surface area (Å²) in [6.45, 7) is 1.75. The van der Waals surface area contributed by atoms with Gasteiger partial charge in [0.25, 0.3) is 5.91 Å². The molecule has 2 aromatic carbocycles. The van der Waals surface area contributed by atoms with Crippen molar-refractivity contribution in [1.82, 2.24) is 5.32 Å². The first kappa shape index (κ1) is 19.7. The lowest BCUT2D eigenvalue weighted by Crippen LogP contribution is -2.42. The molecule has 1 aliphatic heterocycles. The van der Waals surface area contributed by atoms with E-state index < -0.39 is 23.9 Å². The largest absolute Gasteiger partial charge is 0.508 e. The maximum Gasteiger partial charge on any atom is 0.338 e. The van der Waals surface area contributed by atoms with Crippen LogP contribution in [0, 0.1) is 0 Å². The zero-order valence-electron chi connectivity index (χ0n) is 14.9. The number of hydrogen-bond donors (Lipinski definition) is 3. The first-order chi connectivity index (χ1) is 13.2. The molecule has 0 fully saturated rings. The van der Waals surface area contributed by atoms with Crippen molar-refractivity contribution in [2.24, 2.45) is 0 Å². The van der Waals surface area contributed by atoms with Crippen LogP contribution in [0.25, 0.3) is 0 Å². The summed E-state index contributed by atoms with van der Waals surface area (Å²) in [6, 6.07) is 7.61. The van der Waals surface area contributed by atoms with Crippen molar-refractivity contribution in [3.63, 3.8) is 0 Å². The van der Waals surface area contributed by atoms with Gasteiger partial charge in [0.15, 0.2) is 0 Å². The number of aromatic hydroxyl groups is 1. The number of carbonyl (C=O) groups excluding carboxylic acids is 2. The normalized spacial score (nSPS) is 16.6. The molecular weight excluding hydrogens is 386 g/mol. The highest BCUT2D eigenvalue weighted by molar-refractivity contribution is 6.32. The molecule has 0 aromatic heterocycles. The van der Waals surface area contributed by atoms with Gasteiger partial charge in [0.2, 0.25) is 0 Å². The van der Waals surface area contributed by atoms with Crippen molar-refractivity contribution in [1.29, 1.82) is 0 Å².